The van der Waals surface area contributed by atoms with Gasteiger partial charge in [0.15, 0.2) is 11.6 Å². The molecule has 0 unspecified atom stereocenters. The zero-order chi connectivity index (χ0) is 11.8. The Morgan fingerprint density at radius 3 is 1.60 bits per heavy atom. The first kappa shape index (κ1) is 14.9. The molecule has 0 amide bonds. The van der Waals surface area contributed by atoms with Crippen molar-refractivity contribution in [2.75, 3.05) is 24.7 Å². The second-order valence-corrected chi connectivity index (χ2v) is 3.73. The van der Waals surface area contributed by atoms with Crippen LogP contribution in [-0.2, 0) is 14.3 Å². The highest BCUT2D eigenvalue weighted by Gasteiger charge is 2.15. The zero-order valence-electron chi connectivity index (χ0n) is 8.26. The summed E-state index contributed by atoms with van der Waals surface area (Å²) in [5, 5.41) is 0. The lowest BCUT2D eigenvalue weighted by atomic mass is 10.2. The number of carbonyl (C=O) groups excluding carboxylic acids is 2. The van der Waals surface area contributed by atoms with Gasteiger partial charge >= 0.3 is 0 Å². The highest BCUT2D eigenvalue weighted by Crippen LogP contribution is 1.91. The van der Waals surface area contributed by atoms with Crippen molar-refractivity contribution in [1.29, 1.82) is 0 Å². The molecular formula is C8H16N2O3S2. The van der Waals surface area contributed by atoms with E-state index in [0.717, 1.165) is 0 Å². The summed E-state index contributed by atoms with van der Waals surface area (Å²) in [4.78, 5) is 22.3. The fourth-order valence-corrected chi connectivity index (χ4v) is 1.08. The Morgan fingerprint density at radius 2 is 1.33 bits per heavy atom. The first-order valence-electron chi connectivity index (χ1n) is 4.39. The van der Waals surface area contributed by atoms with E-state index in [4.69, 9.17) is 16.2 Å². The van der Waals surface area contributed by atoms with E-state index >= 15 is 0 Å². The van der Waals surface area contributed by atoms with Crippen molar-refractivity contribution >= 4 is 36.8 Å². The van der Waals surface area contributed by atoms with Crippen LogP contribution in [0.1, 0.15) is 0 Å². The quantitative estimate of drug-likeness (QED) is 0.401. The first-order chi connectivity index (χ1) is 7.02. The van der Waals surface area contributed by atoms with Gasteiger partial charge in [0.05, 0.1) is 12.1 Å². The van der Waals surface area contributed by atoms with Gasteiger partial charge in [-0.25, -0.2) is 0 Å². The van der Waals surface area contributed by atoms with Gasteiger partial charge in [-0.2, -0.15) is 25.3 Å². The molecule has 0 aliphatic heterocycles. The number of nitrogens with two attached hydrogens (primary N) is 2. The number of Topliss-reactive ketones (excluding diaryl/α,β-unsaturated/α-hetero) is 2. The maximum atomic E-state index is 11.1. The minimum atomic E-state index is -0.651. The Balaban J connectivity index is 3.70. The average molecular weight is 252 g/mol. The molecule has 0 aromatic carbocycles. The van der Waals surface area contributed by atoms with Gasteiger partial charge in [-0.3, -0.25) is 9.59 Å². The van der Waals surface area contributed by atoms with Crippen LogP contribution in [0.3, 0.4) is 0 Å². The van der Waals surface area contributed by atoms with Gasteiger partial charge < -0.3 is 16.2 Å². The van der Waals surface area contributed by atoms with Crippen LogP contribution >= 0.6 is 25.3 Å². The van der Waals surface area contributed by atoms with E-state index in [1.54, 1.807) is 0 Å². The molecule has 0 rings (SSSR count). The SMILES string of the molecule is N[C@@H](CS)C(=O)COCC(=O)[C@@H](N)CS. The molecule has 0 aliphatic carbocycles. The van der Waals surface area contributed by atoms with Crippen LogP contribution in [-0.4, -0.2) is 48.4 Å². The molecule has 0 radical (unpaired) electrons. The van der Waals surface area contributed by atoms with E-state index in [-0.39, 0.29) is 36.3 Å². The minimum absolute atomic E-state index is 0.188. The fourth-order valence-electron chi connectivity index (χ4n) is 0.670. The molecule has 5 nitrogen and oxygen atoms in total. The third-order valence-corrected chi connectivity index (χ3v) is 2.50. The predicted molar refractivity (Wildman–Crippen MR) is 64.5 cm³/mol. The number of hydrogen-bond donors (Lipinski definition) is 4. The Kier molecular flexibility index (Phi) is 8.07. The summed E-state index contributed by atoms with van der Waals surface area (Å²) in [7, 11) is 0. The average Bonchev–Trinajstić information content (AvgIpc) is 2.26. The highest BCUT2D eigenvalue weighted by molar-refractivity contribution is 7.80. The largest absolute Gasteiger partial charge is 0.366 e. The van der Waals surface area contributed by atoms with Crippen LogP contribution in [0.25, 0.3) is 0 Å². The molecule has 0 heterocycles. The van der Waals surface area contributed by atoms with E-state index in [9.17, 15) is 9.59 Å². The van der Waals surface area contributed by atoms with Gasteiger partial charge in [-0.15, -0.1) is 0 Å². The summed E-state index contributed by atoms with van der Waals surface area (Å²) in [5.74, 6) is -0.0482. The minimum Gasteiger partial charge on any atom is -0.366 e. The molecule has 0 aliphatic rings. The number of hydrogen-bond acceptors (Lipinski definition) is 7. The Hall–Kier alpha value is -0.0800. The molecular weight excluding hydrogens is 236 g/mol. The summed E-state index contributed by atoms with van der Waals surface area (Å²) in [6.07, 6.45) is 0. The standard InChI is InChI=1S/C8H16N2O3S2/c9-5(3-14)7(11)1-13-2-8(12)6(10)4-15/h5-6,14-15H,1-4,9-10H2/t5-,6-/m0/s1. The van der Waals surface area contributed by atoms with Gasteiger partial charge in [-0.05, 0) is 0 Å². The predicted octanol–water partition coefficient (Wildman–Crippen LogP) is -1.34. The monoisotopic (exact) mass is 252 g/mol. The molecule has 0 spiro atoms. The lowest BCUT2D eigenvalue weighted by Crippen LogP contribution is -2.38. The van der Waals surface area contributed by atoms with Gasteiger partial charge in [0.1, 0.15) is 13.2 Å². The number of ether oxygens (including phenoxy) is 1. The molecule has 88 valence electrons. The van der Waals surface area contributed by atoms with Crippen LogP contribution in [0.5, 0.6) is 0 Å². The summed E-state index contributed by atoms with van der Waals surface area (Å²) < 4.78 is 4.88. The zero-order valence-corrected chi connectivity index (χ0v) is 10.0. The Bertz CT molecular complexity index is 204. The van der Waals surface area contributed by atoms with Gasteiger partial charge in [0, 0.05) is 11.5 Å². The van der Waals surface area contributed by atoms with Gasteiger partial charge in [-0.1, -0.05) is 0 Å². The molecule has 7 heteroatoms. The second-order valence-electron chi connectivity index (χ2n) is 3.00. The van der Waals surface area contributed by atoms with Gasteiger partial charge in [0.25, 0.3) is 0 Å². The highest BCUT2D eigenvalue weighted by atomic mass is 32.1. The van der Waals surface area contributed by atoms with Crippen LogP contribution in [0.2, 0.25) is 0 Å². The summed E-state index contributed by atoms with van der Waals surface area (Å²) in [6.45, 7) is -0.375. The first-order valence-corrected chi connectivity index (χ1v) is 5.65. The molecule has 15 heavy (non-hydrogen) atoms. The van der Waals surface area contributed by atoms with Gasteiger partial charge in [0.2, 0.25) is 0 Å². The topological polar surface area (TPSA) is 95.4 Å². The number of rotatable bonds is 8. The molecule has 4 N–H and O–H groups in total. The number of ketones is 2. The van der Waals surface area contributed by atoms with Crippen molar-refractivity contribution in [1.82, 2.24) is 0 Å². The maximum Gasteiger partial charge on any atom is 0.175 e. The molecule has 0 saturated heterocycles. The lowest BCUT2D eigenvalue weighted by molar-refractivity contribution is -0.129. The Morgan fingerprint density at radius 1 is 1.00 bits per heavy atom. The van der Waals surface area contributed by atoms with Crippen molar-refractivity contribution in [2.24, 2.45) is 11.5 Å². The summed E-state index contributed by atoms with van der Waals surface area (Å²) >= 11 is 7.73. The van der Waals surface area contributed by atoms with Crippen LogP contribution in [0.4, 0.5) is 0 Å². The molecule has 2 atom stereocenters. The van der Waals surface area contributed by atoms with Crippen LogP contribution in [0.15, 0.2) is 0 Å². The van der Waals surface area contributed by atoms with E-state index in [0.29, 0.717) is 0 Å². The van der Waals surface area contributed by atoms with Crippen molar-refractivity contribution in [3.8, 4) is 0 Å². The third-order valence-electron chi connectivity index (χ3n) is 1.71. The van der Waals surface area contributed by atoms with E-state index in [1.165, 1.54) is 0 Å². The lowest BCUT2D eigenvalue weighted by Gasteiger charge is -2.09. The van der Waals surface area contributed by atoms with Crippen LogP contribution in [0, 0.1) is 0 Å². The van der Waals surface area contributed by atoms with E-state index in [1.807, 2.05) is 0 Å². The second kappa shape index (κ2) is 8.12. The molecule has 0 fully saturated rings. The molecule has 0 aromatic rings. The van der Waals surface area contributed by atoms with E-state index < -0.39 is 12.1 Å². The molecule has 0 aromatic heterocycles. The molecule has 0 saturated carbocycles. The fraction of sp³-hybridized carbons (Fsp3) is 0.750. The van der Waals surface area contributed by atoms with Crippen molar-refractivity contribution in [3.05, 3.63) is 0 Å². The Labute approximate surface area is 99.7 Å². The normalized spacial score (nSPS) is 14.7. The van der Waals surface area contributed by atoms with Crippen molar-refractivity contribution in [2.45, 2.75) is 12.1 Å². The molecule has 0 bridgehead atoms. The number of carbonyl (C=O) groups is 2. The van der Waals surface area contributed by atoms with Crippen molar-refractivity contribution in [3.63, 3.8) is 0 Å². The summed E-state index contributed by atoms with van der Waals surface area (Å²) in [6, 6.07) is -1.30. The number of thiol groups is 2. The van der Waals surface area contributed by atoms with E-state index in [2.05, 4.69) is 25.3 Å². The smallest absolute Gasteiger partial charge is 0.175 e. The third kappa shape index (κ3) is 6.16. The van der Waals surface area contributed by atoms with Crippen molar-refractivity contribution < 1.29 is 14.3 Å². The van der Waals surface area contributed by atoms with Crippen LogP contribution < -0.4 is 11.5 Å². The summed E-state index contributed by atoms with van der Waals surface area (Å²) in [5.41, 5.74) is 10.8. The maximum absolute atomic E-state index is 11.1.